The Hall–Kier alpha value is -2.04. The monoisotopic (exact) mass is 207 g/mol. The molecule has 5 heteroatoms. The molecule has 1 atom stereocenters. The molecule has 0 radical (unpaired) electrons. The van der Waals surface area contributed by atoms with E-state index in [0.717, 1.165) is 5.56 Å². The first-order chi connectivity index (χ1) is 7.24. The number of hydrogen-bond donors (Lipinski definition) is 3. The number of carbonyl (C=O) groups is 2. The van der Waals surface area contributed by atoms with Gasteiger partial charge in [0.05, 0.1) is 6.04 Å². The second kappa shape index (κ2) is 5.64. The Morgan fingerprint density at radius 3 is 2.60 bits per heavy atom. The van der Waals surface area contributed by atoms with E-state index in [-0.39, 0.29) is 6.04 Å². The number of carbonyl (C=O) groups excluding carboxylic acids is 2. The van der Waals surface area contributed by atoms with E-state index >= 15 is 0 Å². The van der Waals surface area contributed by atoms with E-state index in [2.05, 4.69) is 10.6 Å². The van der Waals surface area contributed by atoms with E-state index in [1.807, 2.05) is 30.3 Å². The number of hydrogen-bond acceptors (Lipinski definition) is 2. The smallest absolute Gasteiger partial charge is 0.312 e. The summed E-state index contributed by atoms with van der Waals surface area (Å²) in [7, 11) is 0. The van der Waals surface area contributed by atoms with Crippen molar-refractivity contribution in [1.29, 1.82) is 0 Å². The predicted molar refractivity (Wildman–Crippen MR) is 56.0 cm³/mol. The summed E-state index contributed by atoms with van der Waals surface area (Å²) in [6, 6.07) is 8.38. The number of benzene rings is 1. The lowest BCUT2D eigenvalue weighted by atomic mass is 10.1. The average Bonchev–Trinajstić information content (AvgIpc) is 2.25. The van der Waals surface area contributed by atoms with Crippen LogP contribution in [0.25, 0.3) is 0 Å². The van der Waals surface area contributed by atoms with Gasteiger partial charge in [-0.1, -0.05) is 30.3 Å². The van der Waals surface area contributed by atoms with Crippen LogP contribution in [0.15, 0.2) is 30.3 Å². The number of primary amides is 1. The standard InChI is InChI=1S/C10H13N3O2/c11-10(15)13-9(6-12-7-14)8-4-2-1-3-5-8/h1-5,7,9H,6H2,(H,12,14)(H3,11,13,15). The van der Waals surface area contributed by atoms with Crippen LogP contribution in [0, 0.1) is 0 Å². The van der Waals surface area contributed by atoms with Gasteiger partial charge in [0.2, 0.25) is 6.41 Å². The minimum Gasteiger partial charge on any atom is -0.356 e. The molecule has 0 aliphatic rings. The van der Waals surface area contributed by atoms with Gasteiger partial charge in [0.25, 0.3) is 0 Å². The molecule has 0 aromatic heterocycles. The fraction of sp³-hybridized carbons (Fsp3) is 0.200. The van der Waals surface area contributed by atoms with Crippen LogP contribution in [0.5, 0.6) is 0 Å². The second-order valence-corrected chi connectivity index (χ2v) is 3.00. The summed E-state index contributed by atoms with van der Waals surface area (Å²) in [5, 5.41) is 5.05. The van der Waals surface area contributed by atoms with Gasteiger partial charge < -0.3 is 16.4 Å². The van der Waals surface area contributed by atoms with Crippen LogP contribution in [-0.4, -0.2) is 19.0 Å². The van der Waals surface area contributed by atoms with Crippen molar-refractivity contribution in [2.75, 3.05) is 6.54 Å². The Kier molecular flexibility index (Phi) is 4.15. The number of nitrogens with one attached hydrogen (secondary N) is 2. The predicted octanol–water partition coefficient (Wildman–Crippen LogP) is 0.142. The van der Waals surface area contributed by atoms with Crippen LogP contribution < -0.4 is 16.4 Å². The molecule has 1 aromatic rings. The van der Waals surface area contributed by atoms with Gasteiger partial charge in [-0.3, -0.25) is 4.79 Å². The Bertz CT molecular complexity index is 327. The van der Waals surface area contributed by atoms with Crippen molar-refractivity contribution in [3.8, 4) is 0 Å². The first-order valence-corrected chi connectivity index (χ1v) is 4.52. The Morgan fingerprint density at radius 1 is 1.40 bits per heavy atom. The van der Waals surface area contributed by atoms with Gasteiger partial charge in [0.15, 0.2) is 0 Å². The van der Waals surface area contributed by atoms with Crippen LogP contribution >= 0.6 is 0 Å². The molecule has 3 amide bonds. The number of urea groups is 1. The highest BCUT2D eigenvalue weighted by Crippen LogP contribution is 2.10. The van der Waals surface area contributed by atoms with Crippen molar-refractivity contribution >= 4 is 12.4 Å². The third-order valence-corrected chi connectivity index (χ3v) is 1.92. The lowest BCUT2D eigenvalue weighted by molar-refractivity contribution is -0.109. The van der Waals surface area contributed by atoms with Crippen molar-refractivity contribution in [3.63, 3.8) is 0 Å². The molecule has 0 bridgehead atoms. The third kappa shape index (κ3) is 3.68. The summed E-state index contributed by atoms with van der Waals surface area (Å²) in [4.78, 5) is 20.9. The molecule has 5 nitrogen and oxygen atoms in total. The topological polar surface area (TPSA) is 84.2 Å². The zero-order valence-electron chi connectivity index (χ0n) is 8.14. The second-order valence-electron chi connectivity index (χ2n) is 3.00. The van der Waals surface area contributed by atoms with Crippen LogP contribution in [0.3, 0.4) is 0 Å². The molecule has 15 heavy (non-hydrogen) atoms. The maximum absolute atomic E-state index is 10.7. The Morgan fingerprint density at radius 2 is 2.07 bits per heavy atom. The van der Waals surface area contributed by atoms with Gasteiger partial charge in [-0.15, -0.1) is 0 Å². The maximum atomic E-state index is 10.7. The Labute approximate surface area is 87.7 Å². The van der Waals surface area contributed by atoms with Crippen molar-refractivity contribution < 1.29 is 9.59 Å². The highest BCUT2D eigenvalue weighted by Gasteiger charge is 2.11. The van der Waals surface area contributed by atoms with Gasteiger partial charge in [0, 0.05) is 6.54 Å². The molecule has 80 valence electrons. The lowest BCUT2D eigenvalue weighted by Crippen LogP contribution is -2.38. The first-order valence-electron chi connectivity index (χ1n) is 4.52. The molecule has 0 fully saturated rings. The van der Waals surface area contributed by atoms with E-state index in [1.54, 1.807) is 0 Å². The summed E-state index contributed by atoms with van der Waals surface area (Å²) in [5.74, 6) is 0. The van der Waals surface area contributed by atoms with Crippen molar-refractivity contribution in [1.82, 2.24) is 10.6 Å². The molecular formula is C10H13N3O2. The normalized spacial score (nSPS) is 11.5. The molecule has 1 aromatic carbocycles. The summed E-state index contributed by atoms with van der Waals surface area (Å²) in [6.45, 7) is 0.316. The molecule has 0 spiro atoms. The van der Waals surface area contributed by atoms with Crippen molar-refractivity contribution in [3.05, 3.63) is 35.9 Å². The molecule has 1 unspecified atom stereocenters. The molecule has 0 saturated carbocycles. The zero-order valence-corrected chi connectivity index (χ0v) is 8.14. The van der Waals surface area contributed by atoms with E-state index in [1.165, 1.54) is 0 Å². The minimum absolute atomic E-state index is 0.297. The molecule has 0 aliphatic carbocycles. The van der Waals surface area contributed by atoms with Gasteiger partial charge in [-0.05, 0) is 5.56 Å². The number of amides is 3. The maximum Gasteiger partial charge on any atom is 0.312 e. The molecule has 0 saturated heterocycles. The molecular weight excluding hydrogens is 194 g/mol. The molecule has 0 heterocycles. The van der Waals surface area contributed by atoms with Gasteiger partial charge >= 0.3 is 6.03 Å². The molecule has 4 N–H and O–H groups in total. The van der Waals surface area contributed by atoms with Crippen molar-refractivity contribution in [2.24, 2.45) is 5.73 Å². The number of nitrogens with two attached hydrogens (primary N) is 1. The summed E-state index contributed by atoms with van der Waals surface area (Å²) < 4.78 is 0. The zero-order chi connectivity index (χ0) is 11.1. The summed E-state index contributed by atoms with van der Waals surface area (Å²) in [5.41, 5.74) is 5.93. The largest absolute Gasteiger partial charge is 0.356 e. The van der Waals surface area contributed by atoms with Gasteiger partial charge in [0.1, 0.15) is 0 Å². The lowest BCUT2D eigenvalue weighted by Gasteiger charge is -2.17. The van der Waals surface area contributed by atoms with E-state index < -0.39 is 6.03 Å². The highest BCUT2D eigenvalue weighted by molar-refractivity contribution is 5.72. The van der Waals surface area contributed by atoms with Gasteiger partial charge in [-0.25, -0.2) is 4.79 Å². The Balaban J connectivity index is 2.71. The summed E-state index contributed by atoms with van der Waals surface area (Å²) in [6.07, 6.45) is 0.582. The van der Waals surface area contributed by atoms with Crippen LogP contribution in [0.4, 0.5) is 4.79 Å². The van der Waals surface area contributed by atoms with Crippen LogP contribution in [-0.2, 0) is 4.79 Å². The molecule has 1 rings (SSSR count). The van der Waals surface area contributed by atoms with Crippen molar-refractivity contribution in [2.45, 2.75) is 6.04 Å². The fourth-order valence-electron chi connectivity index (χ4n) is 1.28. The minimum atomic E-state index is -0.614. The quantitative estimate of drug-likeness (QED) is 0.600. The molecule has 0 aliphatic heterocycles. The highest BCUT2D eigenvalue weighted by atomic mass is 16.2. The summed E-state index contributed by atoms with van der Waals surface area (Å²) >= 11 is 0. The SMILES string of the molecule is NC(=O)NC(CNC=O)c1ccccc1. The van der Waals surface area contributed by atoms with E-state index in [4.69, 9.17) is 5.73 Å². The number of rotatable bonds is 5. The van der Waals surface area contributed by atoms with Crippen LogP contribution in [0.2, 0.25) is 0 Å². The van der Waals surface area contributed by atoms with Gasteiger partial charge in [-0.2, -0.15) is 0 Å². The van der Waals surface area contributed by atoms with Crippen LogP contribution in [0.1, 0.15) is 11.6 Å². The van der Waals surface area contributed by atoms with E-state index in [0.29, 0.717) is 13.0 Å². The average molecular weight is 207 g/mol. The van der Waals surface area contributed by atoms with E-state index in [9.17, 15) is 9.59 Å². The first kappa shape index (κ1) is 11.0. The fourth-order valence-corrected chi connectivity index (χ4v) is 1.28. The third-order valence-electron chi connectivity index (χ3n) is 1.92.